The summed E-state index contributed by atoms with van der Waals surface area (Å²) in [7, 11) is 1.31. The highest BCUT2D eigenvalue weighted by molar-refractivity contribution is 5.97. The fourth-order valence-corrected chi connectivity index (χ4v) is 4.69. The van der Waals surface area contributed by atoms with E-state index in [2.05, 4.69) is 15.3 Å². The van der Waals surface area contributed by atoms with Crippen molar-refractivity contribution in [1.29, 1.82) is 0 Å². The average Bonchev–Trinajstić information content (AvgIpc) is 3.31. The van der Waals surface area contributed by atoms with Gasteiger partial charge in [-0.3, -0.25) is 4.79 Å². The van der Waals surface area contributed by atoms with Crippen LogP contribution in [0.5, 0.6) is 0 Å². The van der Waals surface area contributed by atoms with Crippen molar-refractivity contribution < 1.29 is 18.7 Å². The third-order valence-corrected chi connectivity index (χ3v) is 6.47. The third-order valence-electron chi connectivity index (χ3n) is 6.47. The molecular formula is C26H26FN5O3. The number of hydrogen-bond donors (Lipinski definition) is 1. The monoisotopic (exact) mass is 475 g/mol. The number of hydrogen-bond acceptors (Lipinski definition) is 6. The van der Waals surface area contributed by atoms with Crippen LogP contribution in [0.1, 0.15) is 29.0 Å². The van der Waals surface area contributed by atoms with Gasteiger partial charge in [-0.05, 0) is 36.8 Å². The van der Waals surface area contributed by atoms with Gasteiger partial charge in [-0.25, -0.2) is 13.9 Å². The van der Waals surface area contributed by atoms with E-state index in [1.54, 1.807) is 22.9 Å². The first-order valence-electron chi connectivity index (χ1n) is 11.5. The number of aromatic nitrogens is 2. The van der Waals surface area contributed by atoms with Crippen LogP contribution in [0.3, 0.4) is 0 Å². The lowest BCUT2D eigenvalue weighted by atomic mass is 9.94. The van der Waals surface area contributed by atoms with Crippen LogP contribution in [0.4, 0.5) is 15.9 Å². The number of ether oxygens (including phenoxy) is 1. The van der Waals surface area contributed by atoms with Crippen molar-refractivity contribution in [2.45, 2.75) is 13.0 Å². The molecule has 5 rings (SSSR count). The number of methoxy groups -OCH3 is 1. The summed E-state index contributed by atoms with van der Waals surface area (Å²) in [5.41, 5.74) is 3.30. The normalized spacial score (nSPS) is 17.6. The Bertz CT molecular complexity index is 1280. The minimum absolute atomic E-state index is 0.0802. The van der Waals surface area contributed by atoms with Gasteiger partial charge in [-0.1, -0.05) is 30.3 Å². The highest BCUT2D eigenvalue weighted by Gasteiger charge is 2.36. The topological polar surface area (TPSA) is 79.7 Å². The first kappa shape index (κ1) is 22.6. The van der Waals surface area contributed by atoms with Gasteiger partial charge in [0.1, 0.15) is 17.7 Å². The van der Waals surface area contributed by atoms with Crippen LogP contribution in [0.15, 0.2) is 71.9 Å². The molecule has 1 amide bonds. The van der Waals surface area contributed by atoms with Gasteiger partial charge in [0.2, 0.25) is 0 Å². The number of esters is 1. The zero-order valence-corrected chi connectivity index (χ0v) is 19.6. The van der Waals surface area contributed by atoms with Crippen LogP contribution >= 0.6 is 0 Å². The van der Waals surface area contributed by atoms with E-state index in [-0.39, 0.29) is 17.4 Å². The van der Waals surface area contributed by atoms with E-state index < -0.39 is 12.0 Å². The zero-order chi connectivity index (χ0) is 24.5. The lowest BCUT2D eigenvalue weighted by molar-refractivity contribution is -0.128. The number of rotatable bonds is 4. The van der Waals surface area contributed by atoms with Gasteiger partial charge < -0.3 is 19.9 Å². The number of allylic oxidation sites excluding steroid dienone is 1. The quantitative estimate of drug-likeness (QED) is 0.583. The molecule has 0 aliphatic carbocycles. The van der Waals surface area contributed by atoms with Crippen molar-refractivity contribution in [1.82, 2.24) is 14.7 Å². The fourth-order valence-electron chi connectivity index (χ4n) is 4.69. The maximum Gasteiger partial charge on any atom is 0.358 e. The number of amides is 1. The first-order valence-corrected chi connectivity index (χ1v) is 11.5. The Hall–Kier alpha value is -4.14. The molecule has 0 spiro atoms. The highest BCUT2D eigenvalue weighted by Crippen LogP contribution is 2.37. The van der Waals surface area contributed by atoms with Crippen molar-refractivity contribution >= 4 is 23.4 Å². The number of halogens is 1. The molecule has 1 unspecified atom stereocenters. The second kappa shape index (κ2) is 9.25. The van der Waals surface area contributed by atoms with Crippen LogP contribution in [0.2, 0.25) is 0 Å². The van der Waals surface area contributed by atoms with Gasteiger partial charge >= 0.3 is 5.97 Å². The molecule has 0 saturated carbocycles. The predicted octanol–water partition coefficient (Wildman–Crippen LogP) is 3.45. The Kier molecular flexibility index (Phi) is 5.98. The van der Waals surface area contributed by atoms with Gasteiger partial charge in [0.05, 0.1) is 12.7 Å². The lowest BCUT2D eigenvalue weighted by Gasteiger charge is -2.38. The Balaban J connectivity index is 1.43. The van der Waals surface area contributed by atoms with E-state index >= 15 is 0 Å². The number of fused-ring (bicyclic) bond motifs is 1. The largest absolute Gasteiger partial charge is 0.464 e. The zero-order valence-electron chi connectivity index (χ0n) is 19.6. The van der Waals surface area contributed by atoms with Crippen LogP contribution in [0.25, 0.3) is 0 Å². The van der Waals surface area contributed by atoms with Crippen molar-refractivity contribution in [2.24, 2.45) is 0 Å². The Labute approximate surface area is 202 Å². The maximum atomic E-state index is 13.9. The molecule has 1 fully saturated rings. The minimum Gasteiger partial charge on any atom is -0.464 e. The van der Waals surface area contributed by atoms with E-state index in [9.17, 15) is 14.0 Å². The van der Waals surface area contributed by atoms with E-state index in [0.717, 1.165) is 11.3 Å². The molecule has 2 aliphatic rings. The number of anilines is 2. The first-order chi connectivity index (χ1) is 17.0. The molecule has 1 saturated heterocycles. The summed E-state index contributed by atoms with van der Waals surface area (Å²) in [5.74, 6) is -0.268. The standard InChI is InChI=1S/C26H26FN5O3/c1-17-23(25(33)31-14-12-30(13-15-31)20-10-8-19(27)9-11-20)24(18-6-4-3-5-7-18)32-22(28-17)16-21(29-32)26(34)35-2/h3-11,16,24,28H,12-15H2,1-2H3. The Morgan fingerprint density at radius 1 is 1.03 bits per heavy atom. The molecule has 180 valence electrons. The number of nitrogens with zero attached hydrogens (tertiary/aromatic N) is 4. The van der Waals surface area contributed by atoms with Gasteiger partial charge in [-0.15, -0.1) is 0 Å². The van der Waals surface area contributed by atoms with Crippen LogP contribution < -0.4 is 10.2 Å². The molecule has 8 nitrogen and oxygen atoms in total. The van der Waals surface area contributed by atoms with E-state index in [1.807, 2.05) is 42.2 Å². The SMILES string of the molecule is COC(=O)c1cc2n(n1)C(c1ccccc1)C(C(=O)N1CCN(c3ccc(F)cc3)CC1)=C(C)N2. The van der Waals surface area contributed by atoms with Crippen molar-refractivity contribution in [2.75, 3.05) is 43.5 Å². The Morgan fingerprint density at radius 3 is 2.37 bits per heavy atom. The average molecular weight is 476 g/mol. The minimum atomic E-state index is -0.539. The number of carbonyl (C=O) groups is 2. The summed E-state index contributed by atoms with van der Waals surface area (Å²) in [6.07, 6.45) is 0. The lowest BCUT2D eigenvalue weighted by Crippen LogP contribution is -2.50. The Morgan fingerprint density at radius 2 is 1.71 bits per heavy atom. The van der Waals surface area contributed by atoms with Crippen molar-refractivity contribution in [3.63, 3.8) is 0 Å². The molecule has 2 aliphatic heterocycles. The fraction of sp³-hybridized carbons (Fsp3) is 0.269. The number of nitrogens with one attached hydrogen (secondary N) is 1. The van der Waals surface area contributed by atoms with Gasteiger partial charge in [0, 0.05) is 43.6 Å². The van der Waals surface area contributed by atoms with E-state index in [4.69, 9.17) is 4.74 Å². The molecule has 0 radical (unpaired) electrons. The summed E-state index contributed by atoms with van der Waals surface area (Å²) < 4.78 is 19.8. The summed E-state index contributed by atoms with van der Waals surface area (Å²) in [4.78, 5) is 30.0. The van der Waals surface area contributed by atoms with Crippen molar-refractivity contribution in [3.05, 3.63) is 89.0 Å². The summed E-state index contributed by atoms with van der Waals surface area (Å²) in [6.45, 7) is 4.23. The summed E-state index contributed by atoms with van der Waals surface area (Å²) >= 11 is 0. The predicted molar refractivity (Wildman–Crippen MR) is 130 cm³/mol. The molecule has 9 heteroatoms. The molecule has 1 aromatic heterocycles. The van der Waals surface area contributed by atoms with Gasteiger partial charge in [0.25, 0.3) is 5.91 Å². The van der Waals surface area contributed by atoms with Gasteiger partial charge in [-0.2, -0.15) is 5.10 Å². The van der Waals surface area contributed by atoms with E-state index in [1.165, 1.54) is 19.2 Å². The molecular weight excluding hydrogens is 449 g/mol. The maximum absolute atomic E-state index is 13.9. The highest BCUT2D eigenvalue weighted by atomic mass is 19.1. The summed E-state index contributed by atoms with van der Waals surface area (Å²) in [6, 6.07) is 17.2. The van der Waals surface area contributed by atoms with Crippen LogP contribution in [0, 0.1) is 5.82 Å². The third kappa shape index (κ3) is 4.25. The molecule has 2 aromatic carbocycles. The second-order valence-corrected chi connectivity index (χ2v) is 8.58. The smallest absolute Gasteiger partial charge is 0.358 e. The molecule has 3 aromatic rings. The number of piperazine rings is 1. The molecule has 35 heavy (non-hydrogen) atoms. The molecule has 3 heterocycles. The number of carbonyl (C=O) groups excluding carboxylic acids is 2. The number of benzene rings is 2. The molecule has 0 bridgehead atoms. The second-order valence-electron chi connectivity index (χ2n) is 8.58. The van der Waals surface area contributed by atoms with Crippen LogP contribution in [-0.2, 0) is 9.53 Å². The van der Waals surface area contributed by atoms with Gasteiger partial charge in [0.15, 0.2) is 5.69 Å². The molecule has 1 atom stereocenters. The summed E-state index contributed by atoms with van der Waals surface area (Å²) in [5, 5.41) is 7.73. The molecule has 1 N–H and O–H groups in total. The van der Waals surface area contributed by atoms with Crippen molar-refractivity contribution in [3.8, 4) is 0 Å². The van der Waals surface area contributed by atoms with Crippen LogP contribution in [-0.4, -0.2) is 59.8 Å². The van der Waals surface area contributed by atoms with E-state index in [0.29, 0.717) is 43.3 Å².